The van der Waals surface area contributed by atoms with Crippen LogP contribution in [0.5, 0.6) is 0 Å². The molecule has 0 aliphatic carbocycles. The molecule has 1 heterocycles. The molecule has 0 aromatic rings. The van der Waals surface area contributed by atoms with E-state index >= 15 is 0 Å². The lowest BCUT2D eigenvalue weighted by atomic mass is 9.98. The van der Waals surface area contributed by atoms with Crippen molar-refractivity contribution in [2.24, 2.45) is 17.8 Å². The Bertz CT molecular complexity index is 388. The maximum Gasteiger partial charge on any atom is 0.279 e. The zero-order chi connectivity index (χ0) is 16.0. The molecular weight excluding hydrogens is 286 g/mol. The molecule has 6 heteroatoms. The summed E-state index contributed by atoms with van der Waals surface area (Å²) in [5.41, 5.74) is 0. The average molecular weight is 320 g/mol. The van der Waals surface area contributed by atoms with Crippen molar-refractivity contribution in [2.45, 2.75) is 53.5 Å². The lowest BCUT2D eigenvalue weighted by molar-refractivity contribution is 0.260. The first-order valence-corrected chi connectivity index (χ1v) is 9.64. The third kappa shape index (κ3) is 6.63. The molecule has 1 aliphatic heterocycles. The van der Waals surface area contributed by atoms with Crippen LogP contribution in [-0.4, -0.2) is 44.9 Å². The molecule has 0 radical (unpaired) electrons. The van der Waals surface area contributed by atoms with Gasteiger partial charge in [0.05, 0.1) is 0 Å². The molecule has 0 saturated carbocycles. The molecule has 5 nitrogen and oxygen atoms in total. The van der Waals surface area contributed by atoms with Gasteiger partial charge in [0.1, 0.15) is 0 Å². The Balaban J connectivity index is 2.38. The molecule has 1 saturated heterocycles. The van der Waals surface area contributed by atoms with E-state index in [1.54, 1.807) is 4.31 Å². The fourth-order valence-electron chi connectivity index (χ4n) is 2.32. The Hall–Kier alpha value is -0.170. The molecule has 21 heavy (non-hydrogen) atoms. The molecular formula is C15H33N3O2S. The largest absolute Gasteiger partial charge is 0.314 e. The van der Waals surface area contributed by atoms with Crippen LogP contribution in [0, 0.1) is 17.8 Å². The number of nitrogens with zero attached hydrogens (tertiary/aromatic N) is 1. The van der Waals surface area contributed by atoms with Crippen LogP contribution in [0.4, 0.5) is 0 Å². The van der Waals surface area contributed by atoms with Gasteiger partial charge in [0.25, 0.3) is 10.2 Å². The van der Waals surface area contributed by atoms with Crippen molar-refractivity contribution in [1.29, 1.82) is 0 Å². The summed E-state index contributed by atoms with van der Waals surface area (Å²) in [6, 6.07) is 0.492. The Morgan fingerprint density at radius 2 is 1.67 bits per heavy atom. The first-order chi connectivity index (χ1) is 9.72. The normalized spacial score (nSPS) is 20.3. The zero-order valence-electron chi connectivity index (χ0n) is 14.2. The van der Waals surface area contributed by atoms with E-state index in [1.807, 2.05) is 0 Å². The van der Waals surface area contributed by atoms with Crippen LogP contribution >= 0.6 is 0 Å². The van der Waals surface area contributed by atoms with Gasteiger partial charge >= 0.3 is 0 Å². The quantitative estimate of drug-likeness (QED) is 0.717. The summed E-state index contributed by atoms with van der Waals surface area (Å²) >= 11 is 0. The first-order valence-electron chi connectivity index (χ1n) is 8.20. The van der Waals surface area contributed by atoms with E-state index in [-0.39, 0.29) is 0 Å². The smallest absolute Gasteiger partial charge is 0.279 e. The van der Waals surface area contributed by atoms with Crippen molar-refractivity contribution < 1.29 is 8.42 Å². The fourth-order valence-corrected chi connectivity index (χ4v) is 3.67. The standard InChI is InChI=1S/C15H33N3O2S/c1-12(2)14(5)10-17-21(19,20)18-8-6-15(7-9-18)11-16-13(3)4/h12-17H,6-11H2,1-5H3. The highest BCUT2D eigenvalue weighted by Crippen LogP contribution is 2.19. The monoisotopic (exact) mass is 319 g/mol. The van der Waals surface area contributed by atoms with Crippen molar-refractivity contribution in [1.82, 2.24) is 14.3 Å². The fraction of sp³-hybridized carbons (Fsp3) is 1.00. The molecule has 2 N–H and O–H groups in total. The van der Waals surface area contributed by atoms with Crippen LogP contribution in [0.1, 0.15) is 47.5 Å². The number of hydrogen-bond donors (Lipinski definition) is 2. The molecule has 1 atom stereocenters. The third-order valence-electron chi connectivity index (χ3n) is 4.45. The van der Waals surface area contributed by atoms with Crippen molar-refractivity contribution in [3.05, 3.63) is 0 Å². The van der Waals surface area contributed by atoms with Gasteiger partial charge in [-0.2, -0.15) is 12.7 Å². The summed E-state index contributed by atoms with van der Waals surface area (Å²) in [6.07, 6.45) is 1.89. The number of nitrogens with one attached hydrogen (secondary N) is 2. The van der Waals surface area contributed by atoms with Gasteiger partial charge in [0.2, 0.25) is 0 Å². The van der Waals surface area contributed by atoms with E-state index in [9.17, 15) is 8.42 Å². The van der Waals surface area contributed by atoms with Gasteiger partial charge in [-0.05, 0) is 37.1 Å². The van der Waals surface area contributed by atoms with E-state index in [1.165, 1.54) is 0 Å². The van der Waals surface area contributed by atoms with Crippen molar-refractivity contribution in [3.63, 3.8) is 0 Å². The Labute approximate surface area is 131 Å². The summed E-state index contributed by atoms with van der Waals surface area (Å²) in [5.74, 6) is 1.43. The summed E-state index contributed by atoms with van der Waals surface area (Å²) in [4.78, 5) is 0. The average Bonchev–Trinajstić information content (AvgIpc) is 2.43. The maximum atomic E-state index is 12.3. The minimum absolute atomic E-state index is 0.354. The topological polar surface area (TPSA) is 61.4 Å². The summed E-state index contributed by atoms with van der Waals surface area (Å²) in [6.45, 7) is 13.4. The van der Waals surface area contributed by atoms with Gasteiger partial charge in [-0.1, -0.05) is 34.6 Å². The van der Waals surface area contributed by atoms with E-state index < -0.39 is 10.2 Å². The van der Waals surface area contributed by atoms with Gasteiger partial charge < -0.3 is 5.32 Å². The molecule has 0 aromatic heterocycles. The summed E-state index contributed by atoms with van der Waals surface area (Å²) < 4.78 is 28.9. The van der Waals surface area contributed by atoms with Crippen molar-refractivity contribution in [3.8, 4) is 0 Å². The maximum absolute atomic E-state index is 12.3. The van der Waals surface area contributed by atoms with Gasteiger partial charge in [-0.15, -0.1) is 0 Å². The van der Waals surface area contributed by atoms with E-state index in [2.05, 4.69) is 44.7 Å². The van der Waals surface area contributed by atoms with Gasteiger partial charge in [-0.3, -0.25) is 0 Å². The Morgan fingerprint density at radius 3 is 2.14 bits per heavy atom. The highest BCUT2D eigenvalue weighted by Gasteiger charge is 2.28. The van der Waals surface area contributed by atoms with Crippen LogP contribution in [0.2, 0.25) is 0 Å². The third-order valence-corrected chi connectivity index (χ3v) is 6.03. The Kier molecular flexibility index (Phi) is 7.60. The first kappa shape index (κ1) is 18.9. The molecule has 0 spiro atoms. The number of hydrogen-bond acceptors (Lipinski definition) is 3. The van der Waals surface area contributed by atoms with Crippen LogP contribution in [0.3, 0.4) is 0 Å². The van der Waals surface area contributed by atoms with Gasteiger partial charge in [-0.25, -0.2) is 4.72 Å². The highest BCUT2D eigenvalue weighted by atomic mass is 32.2. The Morgan fingerprint density at radius 1 is 1.10 bits per heavy atom. The second kappa shape index (κ2) is 8.46. The summed E-state index contributed by atoms with van der Waals surface area (Å²) in [5, 5.41) is 3.44. The van der Waals surface area contributed by atoms with Crippen molar-refractivity contribution in [2.75, 3.05) is 26.2 Å². The highest BCUT2D eigenvalue weighted by molar-refractivity contribution is 7.87. The van der Waals surface area contributed by atoms with E-state index in [0.29, 0.717) is 43.4 Å². The predicted octanol–water partition coefficient (Wildman–Crippen LogP) is 1.82. The van der Waals surface area contributed by atoms with Crippen LogP contribution < -0.4 is 10.0 Å². The molecule has 1 rings (SSSR count). The second-order valence-corrected chi connectivity index (χ2v) is 8.74. The van der Waals surface area contributed by atoms with Crippen molar-refractivity contribution >= 4 is 10.2 Å². The second-order valence-electron chi connectivity index (χ2n) is 6.98. The lowest BCUT2D eigenvalue weighted by Crippen LogP contribution is -2.47. The molecule has 1 aliphatic rings. The van der Waals surface area contributed by atoms with E-state index in [0.717, 1.165) is 19.4 Å². The minimum atomic E-state index is -3.30. The molecule has 0 amide bonds. The molecule has 126 valence electrons. The van der Waals surface area contributed by atoms with Gasteiger partial charge in [0.15, 0.2) is 0 Å². The molecule has 0 aromatic carbocycles. The van der Waals surface area contributed by atoms with Crippen LogP contribution in [0.15, 0.2) is 0 Å². The lowest BCUT2D eigenvalue weighted by Gasteiger charge is -2.32. The minimum Gasteiger partial charge on any atom is -0.314 e. The summed E-state index contributed by atoms with van der Waals surface area (Å²) in [7, 11) is -3.30. The van der Waals surface area contributed by atoms with Crippen LogP contribution in [0.25, 0.3) is 0 Å². The number of piperidine rings is 1. The SMILES string of the molecule is CC(C)NCC1CCN(S(=O)(=O)NCC(C)C(C)C)CC1. The van der Waals surface area contributed by atoms with Gasteiger partial charge in [0, 0.05) is 25.7 Å². The molecule has 1 unspecified atom stereocenters. The predicted molar refractivity (Wildman–Crippen MR) is 88.4 cm³/mol. The zero-order valence-corrected chi connectivity index (χ0v) is 15.0. The molecule has 0 bridgehead atoms. The van der Waals surface area contributed by atoms with E-state index in [4.69, 9.17) is 0 Å². The molecule has 1 fully saturated rings. The van der Waals surface area contributed by atoms with Crippen LogP contribution in [-0.2, 0) is 10.2 Å². The number of rotatable bonds is 8.